The van der Waals surface area contributed by atoms with Gasteiger partial charge in [0.15, 0.2) is 0 Å². The zero-order chi connectivity index (χ0) is 28.9. The van der Waals surface area contributed by atoms with Crippen LogP contribution in [0.15, 0.2) is 60.7 Å². The van der Waals surface area contributed by atoms with Crippen molar-refractivity contribution in [3.63, 3.8) is 0 Å². The van der Waals surface area contributed by atoms with Crippen molar-refractivity contribution in [2.75, 3.05) is 0 Å². The minimum absolute atomic E-state index is 0. The van der Waals surface area contributed by atoms with E-state index in [1.807, 2.05) is 12.1 Å². The van der Waals surface area contributed by atoms with Crippen LogP contribution < -0.4 is 20.8 Å². The summed E-state index contributed by atoms with van der Waals surface area (Å²) in [6, 6.07) is 15.8. The molecular weight excluding hydrogens is 605 g/mol. The number of nitrogens with one attached hydrogen (secondary N) is 2. The summed E-state index contributed by atoms with van der Waals surface area (Å²) in [5.74, 6) is -2.68. The Balaban J connectivity index is 0.000000722. The van der Waals surface area contributed by atoms with Crippen LogP contribution in [0.2, 0.25) is 0 Å². The van der Waals surface area contributed by atoms with Crippen LogP contribution in [0, 0.1) is 0 Å². The SMILES string of the molecule is CC(C)(C)OC(=O)NC(Cc1ccccc1)C(=O)[O-].CC(C)(C)OC(=O)NC(Cc1ccccc1)C(=O)[O-].[Cd+2]. The van der Waals surface area contributed by atoms with Gasteiger partial charge in [-0.3, -0.25) is 0 Å². The van der Waals surface area contributed by atoms with Crippen LogP contribution in [-0.2, 0) is 59.2 Å². The molecule has 0 bridgehead atoms. The third-order valence-corrected chi connectivity index (χ3v) is 4.52. The molecule has 0 spiro atoms. The summed E-state index contributed by atoms with van der Waals surface area (Å²) >= 11 is 0. The first kappa shape index (κ1) is 35.8. The molecule has 2 N–H and O–H groups in total. The summed E-state index contributed by atoms with van der Waals surface area (Å²) in [7, 11) is 0. The predicted octanol–water partition coefficient (Wildman–Crippen LogP) is 1.74. The number of rotatable bonds is 8. The summed E-state index contributed by atoms with van der Waals surface area (Å²) in [5, 5.41) is 26.6. The van der Waals surface area contributed by atoms with Crippen molar-refractivity contribution in [1.29, 1.82) is 0 Å². The summed E-state index contributed by atoms with van der Waals surface area (Å²) in [6.45, 7) is 10.2. The third-order valence-electron chi connectivity index (χ3n) is 4.52. The molecule has 0 aliphatic carbocycles. The third kappa shape index (κ3) is 17.1. The Kier molecular flexibility index (Phi) is 15.4. The molecule has 0 saturated carbocycles. The number of aliphatic carboxylic acids is 2. The van der Waals surface area contributed by atoms with E-state index in [9.17, 15) is 29.4 Å². The second-order valence-electron chi connectivity index (χ2n) is 10.4. The number of alkyl carbamates (subject to hydrolysis) is 2. The van der Waals surface area contributed by atoms with Gasteiger partial charge < -0.3 is 39.9 Å². The number of carbonyl (C=O) groups excluding carboxylic acids is 4. The molecule has 0 aliphatic rings. The number of carbonyl (C=O) groups is 4. The van der Waals surface area contributed by atoms with Crippen molar-refractivity contribution in [1.82, 2.24) is 10.6 Å². The van der Waals surface area contributed by atoms with E-state index in [0.717, 1.165) is 11.1 Å². The van der Waals surface area contributed by atoms with Crippen molar-refractivity contribution in [3.8, 4) is 0 Å². The summed E-state index contributed by atoms with van der Waals surface area (Å²) < 4.78 is 10.0. The maximum absolute atomic E-state index is 11.5. The Hall–Kier alpha value is -3.16. The number of ether oxygens (including phenoxy) is 2. The second-order valence-corrected chi connectivity index (χ2v) is 10.4. The predicted molar refractivity (Wildman–Crippen MR) is 137 cm³/mol. The van der Waals surface area contributed by atoms with Crippen LogP contribution >= 0.6 is 0 Å². The average molecular weight is 641 g/mol. The molecule has 0 aliphatic heterocycles. The number of benzene rings is 2. The Morgan fingerprint density at radius 1 is 0.641 bits per heavy atom. The molecule has 39 heavy (non-hydrogen) atoms. The largest absolute Gasteiger partial charge is 2.00 e. The van der Waals surface area contributed by atoms with E-state index in [-0.39, 0.29) is 40.1 Å². The van der Waals surface area contributed by atoms with E-state index in [2.05, 4.69) is 10.6 Å². The second kappa shape index (κ2) is 16.7. The number of carboxylic acid groups (broad SMARTS) is 2. The molecule has 10 nitrogen and oxygen atoms in total. The summed E-state index contributed by atoms with van der Waals surface area (Å²) in [6.07, 6.45) is -1.22. The van der Waals surface area contributed by atoms with Crippen LogP contribution in [0.1, 0.15) is 52.7 Å². The van der Waals surface area contributed by atoms with E-state index < -0.39 is 47.4 Å². The number of carboxylic acids is 2. The minimum atomic E-state index is -1.34. The Morgan fingerprint density at radius 2 is 0.923 bits per heavy atom. The zero-order valence-electron chi connectivity index (χ0n) is 23.3. The molecule has 2 aromatic rings. The van der Waals surface area contributed by atoms with Crippen molar-refractivity contribution >= 4 is 24.1 Å². The molecule has 0 heterocycles. The van der Waals surface area contributed by atoms with Gasteiger partial charge in [-0.2, -0.15) is 0 Å². The Labute approximate surface area is 249 Å². The maximum atomic E-state index is 11.5. The summed E-state index contributed by atoms with van der Waals surface area (Å²) in [4.78, 5) is 45.1. The van der Waals surface area contributed by atoms with Gasteiger partial charge in [0.2, 0.25) is 0 Å². The van der Waals surface area contributed by atoms with Gasteiger partial charge in [-0.1, -0.05) is 60.7 Å². The number of amides is 2. The number of hydrogen-bond donors (Lipinski definition) is 2. The van der Waals surface area contributed by atoms with Crippen LogP contribution in [0.25, 0.3) is 0 Å². The molecule has 0 fully saturated rings. The van der Waals surface area contributed by atoms with Gasteiger partial charge in [-0.05, 0) is 65.5 Å². The fourth-order valence-electron chi connectivity index (χ4n) is 2.99. The first-order valence-corrected chi connectivity index (χ1v) is 12.0. The molecule has 208 valence electrons. The molecule has 2 atom stereocenters. The van der Waals surface area contributed by atoms with Crippen LogP contribution in [-0.4, -0.2) is 47.4 Å². The molecular formula is C28H36CdN2O8. The van der Waals surface area contributed by atoms with Crippen molar-refractivity contribution in [2.45, 2.75) is 77.7 Å². The van der Waals surface area contributed by atoms with E-state index >= 15 is 0 Å². The van der Waals surface area contributed by atoms with Crippen molar-refractivity contribution in [2.24, 2.45) is 0 Å². The topological polar surface area (TPSA) is 157 Å². The van der Waals surface area contributed by atoms with Crippen LogP contribution in [0.5, 0.6) is 0 Å². The number of hydrogen-bond acceptors (Lipinski definition) is 8. The van der Waals surface area contributed by atoms with Gasteiger partial charge in [-0.25, -0.2) is 9.59 Å². The Bertz CT molecular complexity index is 965. The normalized spacial score (nSPS) is 12.3. The average Bonchev–Trinajstić information content (AvgIpc) is 2.77. The molecule has 0 radical (unpaired) electrons. The first-order chi connectivity index (χ1) is 17.6. The van der Waals surface area contributed by atoms with Gasteiger partial charge in [0.25, 0.3) is 0 Å². The maximum Gasteiger partial charge on any atom is 2.00 e. The fraction of sp³-hybridized carbons (Fsp3) is 0.429. The Morgan fingerprint density at radius 3 is 1.15 bits per heavy atom. The molecule has 2 unspecified atom stereocenters. The molecule has 2 rings (SSSR count). The van der Waals surface area contributed by atoms with Gasteiger partial charge in [0, 0.05) is 0 Å². The standard InChI is InChI=1S/2C14H19NO4.Cd/c2*1-14(2,3)19-13(18)15-11(12(16)17)9-10-7-5-4-6-8-10;/h2*4-8,11H,9H2,1-3H3,(H,15,18)(H,16,17);/q;;+2/p-2. The molecule has 2 aromatic carbocycles. The fourth-order valence-corrected chi connectivity index (χ4v) is 2.99. The smallest absolute Gasteiger partial charge is 0.548 e. The van der Waals surface area contributed by atoms with E-state index in [4.69, 9.17) is 9.47 Å². The van der Waals surface area contributed by atoms with Gasteiger partial charge >= 0.3 is 39.5 Å². The monoisotopic (exact) mass is 642 g/mol. The van der Waals surface area contributed by atoms with Gasteiger partial charge in [0.05, 0.1) is 24.0 Å². The van der Waals surface area contributed by atoms with Gasteiger partial charge in [0.1, 0.15) is 11.2 Å². The van der Waals surface area contributed by atoms with Crippen molar-refractivity contribution in [3.05, 3.63) is 71.8 Å². The molecule has 2 amide bonds. The van der Waals surface area contributed by atoms with E-state index in [1.54, 1.807) is 90.1 Å². The quantitative estimate of drug-likeness (QED) is 0.413. The summed E-state index contributed by atoms with van der Waals surface area (Å²) in [5.41, 5.74) is 0.251. The first-order valence-electron chi connectivity index (χ1n) is 12.0. The van der Waals surface area contributed by atoms with Crippen molar-refractivity contribution < 1.29 is 66.2 Å². The molecule has 11 heteroatoms. The van der Waals surface area contributed by atoms with E-state index in [0.29, 0.717) is 0 Å². The van der Waals surface area contributed by atoms with E-state index in [1.165, 1.54) is 0 Å². The minimum Gasteiger partial charge on any atom is -0.548 e. The van der Waals surface area contributed by atoms with Crippen LogP contribution in [0.4, 0.5) is 9.59 Å². The zero-order valence-corrected chi connectivity index (χ0v) is 27.4. The molecule has 0 saturated heterocycles. The van der Waals surface area contributed by atoms with Crippen LogP contribution in [0.3, 0.4) is 0 Å². The molecule has 0 aromatic heterocycles. The van der Waals surface area contributed by atoms with Gasteiger partial charge in [-0.15, -0.1) is 0 Å².